The van der Waals surface area contributed by atoms with Gasteiger partial charge in [0.2, 0.25) is 5.91 Å². The van der Waals surface area contributed by atoms with Crippen LogP contribution in [0.4, 0.5) is 0 Å². The van der Waals surface area contributed by atoms with Crippen LogP contribution >= 0.6 is 11.6 Å². The first-order chi connectivity index (χ1) is 18.9. The molecule has 2 bridgehead atoms. The number of amides is 1. The summed E-state index contributed by atoms with van der Waals surface area (Å²) in [4.78, 5) is 23.1. The molecule has 4 atom stereocenters. The number of benzene rings is 2. The molecule has 1 aromatic heterocycles. The van der Waals surface area contributed by atoms with Crippen molar-refractivity contribution in [2.75, 3.05) is 20.1 Å². The predicted molar refractivity (Wildman–Crippen MR) is 157 cm³/mol. The number of carbonyl (C=O) groups excluding carboxylic acids is 1. The minimum absolute atomic E-state index is 0.0152. The van der Waals surface area contributed by atoms with E-state index in [0.717, 1.165) is 48.7 Å². The van der Waals surface area contributed by atoms with Gasteiger partial charge < -0.3 is 9.47 Å². The monoisotopic (exact) mass is 544 g/mol. The maximum absolute atomic E-state index is 13.3. The Balaban J connectivity index is 1.09. The number of nitrogens with zero attached hydrogens (tertiary/aromatic N) is 4. The molecular weight excluding hydrogens is 504 g/mol. The summed E-state index contributed by atoms with van der Waals surface area (Å²) in [7, 11) is 2.04. The van der Waals surface area contributed by atoms with Crippen molar-refractivity contribution in [2.24, 2.45) is 11.8 Å². The summed E-state index contributed by atoms with van der Waals surface area (Å²) < 4.78 is 2.52. The highest BCUT2D eigenvalue weighted by Crippen LogP contribution is 2.57. The van der Waals surface area contributed by atoms with Crippen molar-refractivity contribution in [1.29, 1.82) is 0 Å². The molecule has 2 unspecified atom stereocenters. The molecule has 5 nitrogen and oxygen atoms in total. The molecule has 0 N–H and O–H groups in total. The number of carbonyl (C=O) groups is 1. The Bertz CT molecular complexity index is 1370. The van der Waals surface area contributed by atoms with Crippen molar-refractivity contribution in [3.63, 3.8) is 0 Å². The van der Waals surface area contributed by atoms with Gasteiger partial charge in [-0.15, -0.1) is 0 Å². The first-order valence-electron chi connectivity index (χ1n) is 15.1. The zero-order valence-corrected chi connectivity index (χ0v) is 24.1. The van der Waals surface area contributed by atoms with Gasteiger partial charge in [0, 0.05) is 54.6 Å². The molecule has 7 rings (SSSR count). The SMILES string of the molecule is Cc1nc2ccccc2n1C1CC2CCC(C1)N2C[C@@H]1C[C@@]1(CN(C)C(=O)C1CCCC1)c1cccc(Cl)c1. The van der Waals surface area contributed by atoms with Crippen LogP contribution in [0.2, 0.25) is 5.02 Å². The first kappa shape index (κ1) is 25.6. The molecule has 6 heteroatoms. The van der Waals surface area contributed by atoms with Crippen molar-refractivity contribution in [1.82, 2.24) is 19.4 Å². The second-order valence-electron chi connectivity index (χ2n) is 13.0. The third-order valence-electron chi connectivity index (χ3n) is 10.7. The number of hydrogen-bond acceptors (Lipinski definition) is 3. The highest BCUT2D eigenvalue weighted by atomic mass is 35.5. The van der Waals surface area contributed by atoms with E-state index in [2.05, 4.69) is 63.8 Å². The van der Waals surface area contributed by atoms with Crippen LogP contribution in [0.15, 0.2) is 48.5 Å². The van der Waals surface area contributed by atoms with Gasteiger partial charge in [0.05, 0.1) is 11.0 Å². The summed E-state index contributed by atoms with van der Waals surface area (Å²) in [6.45, 7) is 4.10. The Morgan fingerprint density at radius 3 is 2.51 bits per heavy atom. The first-order valence-corrected chi connectivity index (χ1v) is 15.5. The maximum atomic E-state index is 13.3. The molecule has 2 saturated carbocycles. The van der Waals surface area contributed by atoms with Crippen LogP contribution in [0, 0.1) is 18.8 Å². The van der Waals surface area contributed by atoms with Crippen molar-refractivity contribution < 1.29 is 4.79 Å². The lowest BCUT2D eigenvalue weighted by Crippen LogP contribution is -2.46. The molecule has 4 fully saturated rings. The van der Waals surface area contributed by atoms with Crippen LogP contribution in [-0.2, 0) is 10.2 Å². The number of aryl methyl sites for hydroxylation is 1. The van der Waals surface area contributed by atoms with Gasteiger partial charge in [0.25, 0.3) is 0 Å². The average Bonchev–Trinajstić information content (AvgIpc) is 3.21. The van der Waals surface area contributed by atoms with E-state index in [1.165, 1.54) is 49.6 Å². The number of para-hydroxylation sites is 2. The quantitative estimate of drug-likeness (QED) is 0.329. The predicted octanol–water partition coefficient (Wildman–Crippen LogP) is 6.77. The van der Waals surface area contributed by atoms with Crippen LogP contribution in [0.3, 0.4) is 0 Å². The van der Waals surface area contributed by atoms with Gasteiger partial charge in [-0.2, -0.15) is 0 Å². The minimum atomic E-state index is 0.0152. The highest BCUT2D eigenvalue weighted by Gasteiger charge is 2.58. The maximum Gasteiger partial charge on any atom is 0.225 e. The van der Waals surface area contributed by atoms with Crippen LogP contribution in [0.5, 0.6) is 0 Å². The van der Waals surface area contributed by atoms with E-state index in [4.69, 9.17) is 16.6 Å². The molecule has 2 aliphatic carbocycles. The van der Waals surface area contributed by atoms with Crippen molar-refractivity contribution in [3.05, 3.63) is 64.9 Å². The standard InChI is InChI=1S/C33H41ClN4O/c1-22-35-30-12-5-6-13-31(30)38(22)29-17-27-14-15-28(18-29)37(27)20-25-19-33(25,24-10-7-11-26(34)16-24)21-36(2)32(39)23-8-3-4-9-23/h5-7,10-13,16,23,25,27-29H,3-4,8-9,14-15,17-21H2,1-2H3/t25-,27?,28?,29?,33+/m0/s1. The minimum Gasteiger partial charge on any atom is -0.345 e. The van der Waals surface area contributed by atoms with E-state index in [0.29, 0.717) is 30.0 Å². The Morgan fingerprint density at radius 2 is 1.77 bits per heavy atom. The fourth-order valence-corrected chi connectivity index (χ4v) is 8.87. The molecule has 1 amide bonds. The lowest BCUT2D eigenvalue weighted by molar-refractivity contribution is -0.134. The molecule has 2 aliphatic heterocycles. The number of hydrogen-bond donors (Lipinski definition) is 0. The Hall–Kier alpha value is -2.37. The molecule has 206 valence electrons. The third-order valence-corrected chi connectivity index (χ3v) is 10.9. The number of imidazole rings is 1. The zero-order valence-electron chi connectivity index (χ0n) is 23.4. The number of rotatable bonds is 7. The van der Waals surface area contributed by atoms with Gasteiger partial charge in [-0.3, -0.25) is 9.69 Å². The van der Waals surface area contributed by atoms with E-state index in [9.17, 15) is 4.79 Å². The Kier molecular flexibility index (Phi) is 6.51. The van der Waals surface area contributed by atoms with Crippen molar-refractivity contribution >= 4 is 28.5 Å². The number of halogens is 1. The molecule has 0 spiro atoms. The van der Waals surface area contributed by atoms with Crippen LogP contribution < -0.4 is 0 Å². The van der Waals surface area contributed by atoms with Crippen LogP contribution in [-0.4, -0.2) is 57.5 Å². The topological polar surface area (TPSA) is 41.4 Å². The number of piperidine rings is 1. The van der Waals surface area contributed by atoms with Gasteiger partial charge in [-0.25, -0.2) is 4.98 Å². The summed E-state index contributed by atoms with van der Waals surface area (Å²) in [5, 5.41) is 0.797. The molecule has 4 aliphatic rings. The molecule has 3 heterocycles. The molecule has 39 heavy (non-hydrogen) atoms. The lowest BCUT2D eigenvalue weighted by atomic mass is 9.90. The van der Waals surface area contributed by atoms with Gasteiger partial charge in [-0.05, 0) is 87.6 Å². The number of aromatic nitrogens is 2. The molecule has 0 radical (unpaired) electrons. The number of fused-ring (bicyclic) bond motifs is 3. The summed E-state index contributed by atoms with van der Waals surface area (Å²) in [5.74, 6) is 2.28. The smallest absolute Gasteiger partial charge is 0.225 e. The van der Waals surface area contributed by atoms with Gasteiger partial charge in [-0.1, -0.05) is 48.7 Å². The number of likely N-dealkylation sites (N-methyl/N-ethyl adjacent to an activating group) is 1. The third kappa shape index (κ3) is 4.50. The van der Waals surface area contributed by atoms with E-state index < -0.39 is 0 Å². The lowest BCUT2D eigenvalue weighted by Gasteiger charge is -2.40. The summed E-state index contributed by atoms with van der Waals surface area (Å²) in [5.41, 5.74) is 3.73. The average molecular weight is 545 g/mol. The second kappa shape index (κ2) is 9.92. The Labute approximate surface area is 237 Å². The normalized spacial score (nSPS) is 30.7. The molecule has 2 aromatic carbocycles. The van der Waals surface area contributed by atoms with Crippen molar-refractivity contribution in [3.8, 4) is 0 Å². The highest BCUT2D eigenvalue weighted by molar-refractivity contribution is 6.30. The molecular formula is C33H41ClN4O. The van der Waals surface area contributed by atoms with E-state index in [1.54, 1.807) is 0 Å². The van der Waals surface area contributed by atoms with Gasteiger partial charge in [0.15, 0.2) is 0 Å². The molecule has 2 saturated heterocycles. The Morgan fingerprint density at radius 1 is 1.03 bits per heavy atom. The summed E-state index contributed by atoms with van der Waals surface area (Å²) >= 11 is 6.50. The van der Waals surface area contributed by atoms with Gasteiger partial charge in [0.1, 0.15) is 5.82 Å². The van der Waals surface area contributed by atoms with E-state index in [-0.39, 0.29) is 11.3 Å². The van der Waals surface area contributed by atoms with E-state index >= 15 is 0 Å². The fourth-order valence-electron chi connectivity index (χ4n) is 8.68. The second-order valence-corrected chi connectivity index (χ2v) is 13.4. The van der Waals surface area contributed by atoms with E-state index in [1.807, 2.05) is 13.1 Å². The summed E-state index contributed by atoms with van der Waals surface area (Å²) in [6.07, 6.45) is 10.6. The summed E-state index contributed by atoms with van der Waals surface area (Å²) in [6, 6.07) is 18.8. The van der Waals surface area contributed by atoms with Crippen LogP contribution in [0.1, 0.15) is 75.2 Å². The largest absolute Gasteiger partial charge is 0.345 e. The van der Waals surface area contributed by atoms with Crippen molar-refractivity contribution in [2.45, 2.75) is 88.3 Å². The molecule has 3 aromatic rings. The zero-order chi connectivity index (χ0) is 26.7. The fraction of sp³-hybridized carbons (Fsp3) is 0.576. The van der Waals surface area contributed by atoms with Gasteiger partial charge >= 0.3 is 0 Å². The van der Waals surface area contributed by atoms with Crippen LogP contribution in [0.25, 0.3) is 11.0 Å².